The first-order valence-electron chi connectivity index (χ1n) is 3.70. The zero-order valence-corrected chi connectivity index (χ0v) is 5.98. The molecule has 0 saturated carbocycles. The van der Waals surface area contributed by atoms with Crippen molar-refractivity contribution in [2.45, 2.75) is 31.8 Å². The molecule has 54 valence electrons. The molecule has 0 amide bonds. The third kappa shape index (κ3) is 1.66. The summed E-state index contributed by atoms with van der Waals surface area (Å²) in [6.45, 7) is 3.88. The Morgan fingerprint density at radius 3 is 2.89 bits per heavy atom. The highest BCUT2D eigenvalue weighted by Crippen LogP contribution is 2.19. The fourth-order valence-corrected chi connectivity index (χ4v) is 1.41. The summed E-state index contributed by atoms with van der Waals surface area (Å²) >= 11 is 0. The van der Waals surface area contributed by atoms with Crippen LogP contribution in [0, 0.1) is 0 Å². The van der Waals surface area contributed by atoms with Crippen molar-refractivity contribution in [3.05, 3.63) is 0 Å². The lowest BCUT2D eigenvalue weighted by Gasteiger charge is -2.19. The van der Waals surface area contributed by atoms with Gasteiger partial charge < -0.3 is 10.4 Å². The number of nitrogens with one attached hydrogen (secondary N) is 1. The summed E-state index contributed by atoms with van der Waals surface area (Å²) in [5, 5.41) is 12.8. The lowest BCUT2D eigenvalue weighted by molar-refractivity contribution is 0.0516. The SMILES string of the molecule is CCCC1(O)CCNC1. The molecule has 0 radical (unpaired) electrons. The predicted octanol–water partition coefficient (Wildman–Crippen LogP) is 0.511. The Morgan fingerprint density at radius 1 is 1.67 bits per heavy atom. The molecular weight excluding hydrogens is 114 g/mol. The summed E-state index contributed by atoms with van der Waals surface area (Å²) in [6.07, 6.45) is 2.96. The van der Waals surface area contributed by atoms with Crippen molar-refractivity contribution in [3.63, 3.8) is 0 Å². The van der Waals surface area contributed by atoms with Crippen LogP contribution in [0.1, 0.15) is 26.2 Å². The Morgan fingerprint density at radius 2 is 2.44 bits per heavy atom. The quantitative estimate of drug-likeness (QED) is 0.569. The molecule has 1 aliphatic rings. The lowest BCUT2D eigenvalue weighted by atomic mass is 9.98. The second-order valence-electron chi connectivity index (χ2n) is 2.90. The molecule has 1 atom stereocenters. The van der Waals surface area contributed by atoms with Crippen LogP contribution >= 0.6 is 0 Å². The average molecular weight is 129 g/mol. The van der Waals surface area contributed by atoms with E-state index in [1.165, 1.54) is 0 Å². The van der Waals surface area contributed by atoms with Gasteiger partial charge in [0, 0.05) is 6.54 Å². The second kappa shape index (κ2) is 2.67. The Bertz CT molecular complexity index is 86.9. The molecule has 1 aliphatic heterocycles. The molecule has 0 bridgehead atoms. The average Bonchev–Trinajstić information content (AvgIpc) is 2.16. The number of aliphatic hydroxyl groups is 1. The van der Waals surface area contributed by atoms with E-state index in [1.54, 1.807) is 0 Å². The van der Waals surface area contributed by atoms with E-state index in [2.05, 4.69) is 12.2 Å². The second-order valence-corrected chi connectivity index (χ2v) is 2.90. The number of hydrogen-bond donors (Lipinski definition) is 2. The fraction of sp³-hybridized carbons (Fsp3) is 1.00. The third-order valence-corrected chi connectivity index (χ3v) is 1.94. The summed E-state index contributed by atoms with van der Waals surface area (Å²) in [6, 6.07) is 0. The molecule has 9 heavy (non-hydrogen) atoms. The van der Waals surface area contributed by atoms with Crippen LogP contribution in [-0.4, -0.2) is 23.8 Å². The standard InChI is InChI=1S/C7H15NO/c1-2-3-7(9)4-5-8-6-7/h8-9H,2-6H2,1H3. The molecule has 0 aromatic carbocycles. The maximum atomic E-state index is 9.63. The maximum absolute atomic E-state index is 9.63. The van der Waals surface area contributed by atoms with Gasteiger partial charge in [0.25, 0.3) is 0 Å². The molecule has 2 N–H and O–H groups in total. The molecule has 0 aliphatic carbocycles. The Hall–Kier alpha value is -0.0800. The monoisotopic (exact) mass is 129 g/mol. The molecule has 0 spiro atoms. The van der Waals surface area contributed by atoms with E-state index in [1.807, 2.05) is 0 Å². The van der Waals surface area contributed by atoms with Crippen molar-refractivity contribution >= 4 is 0 Å². The molecule has 1 heterocycles. The van der Waals surface area contributed by atoms with Crippen molar-refractivity contribution in [2.24, 2.45) is 0 Å². The van der Waals surface area contributed by atoms with E-state index < -0.39 is 0 Å². The van der Waals surface area contributed by atoms with Crippen LogP contribution in [0.4, 0.5) is 0 Å². The summed E-state index contributed by atoms with van der Waals surface area (Å²) in [5.41, 5.74) is -0.366. The van der Waals surface area contributed by atoms with Crippen LogP contribution in [0.15, 0.2) is 0 Å². The molecule has 1 rings (SSSR count). The van der Waals surface area contributed by atoms with Crippen molar-refractivity contribution in [1.82, 2.24) is 5.32 Å². The van der Waals surface area contributed by atoms with Crippen LogP contribution in [0.2, 0.25) is 0 Å². The van der Waals surface area contributed by atoms with Gasteiger partial charge in [0.2, 0.25) is 0 Å². The van der Waals surface area contributed by atoms with Gasteiger partial charge in [-0.05, 0) is 19.4 Å². The van der Waals surface area contributed by atoms with Crippen LogP contribution in [0.3, 0.4) is 0 Å². The van der Waals surface area contributed by atoms with Gasteiger partial charge >= 0.3 is 0 Å². The summed E-state index contributed by atoms with van der Waals surface area (Å²) < 4.78 is 0. The number of rotatable bonds is 2. The molecule has 1 unspecified atom stereocenters. The fourth-order valence-electron chi connectivity index (χ4n) is 1.41. The van der Waals surface area contributed by atoms with Gasteiger partial charge in [0.05, 0.1) is 5.60 Å². The molecular formula is C7H15NO. The lowest BCUT2D eigenvalue weighted by Crippen LogP contribution is -2.30. The minimum atomic E-state index is -0.366. The molecule has 0 aromatic rings. The highest BCUT2D eigenvalue weighted by atomic mass is 16.3. The van der Waals surface area contributed by atoms with E-state index in [0.29, 0.717) is 0 Å². The van der Waals surface area contributed by atoms with E-state index in [4.69, 9.17) is 0 Å². The van der Waals surface area contributed by atoms with Gasteiger partial charge in [0.1, 0.15) is 0 Å². The smallest absolute Gasteiger partial charge is 0.0783 e. The van der Waals surface area contributed by atoms with Crippen LogP contribution in [0.5, 0.6) is 0 Å². The molecule has 1 fully saturated rings. The Labute approximate surface area is 56.3 Å². The molecule has 2 nitrogen and oxygen atoms in total. The molecule has 0 aromatic heterocycles. The molecule has 1 saturated heterocycles. The zero-order chi connectivity index (χ0) is 6.74. The highest BCUT2D eigenvalue weighted by molar-refractivity contribution is 4.86. The first kappa shape index (κ1) is 7.03. The van der Waals surface area contributed by atoms with Crippen LogP contribution in [0.25, 0.3) is 0 Å². The van der Waals surface area contributed by atoms with Crippen molar-refractivity contribution < 1.29 is 5.11 Å². The van der Waals surface area contributed by atoms with Gasteiger partial charge in [-0.2, -0.15) is 0 Å². The normalized spacial score (nSPS) is 35.3. The van der Waals surface area contributed by atoms with Gasteiger partial charge in [0.15, 0.2) is 0 Å². The minimum Gasteiger partial charge on any atom is -0.389 e. The van der Waals surface area contributed by atoms with Gasteiger partial charge in [-0.1, -0.05) is 13.3 Å². The number of β-amino-alcohol motifs (C(OH)–C–C–N with tert-alkyl or cyclic N) is 1. The van der Waals surface area contributed by atoms with E-state index in [-0.39, 0.29) is 5.60 Å². The summed E-state index contributed by atoms with van der Waals surface area (Å²) in [5.74, 6) is 0. The zero-order valence-electron chi connectivity index (χ0n) is 5.98. The highest BCUT2D eigenvalue weighted by Gasteiger charge is 2.29. The summed E-state index contributed by atoms with van der Waals surface area (Å²) in [7, 11) is 0. The Balaban J connectivity index is 2.32. The Kier molecular flexibility index (Phi) is 2.09. The van der Waals surface area contributed by atoms with E-state index >= 15 is 0 Å². The van der Waals surface area contributed by atoms with Gasteiger partial charge in [-0.15, -0.1) is 0 Å². The number of hydrogen-bond acceptors (Lipinski definition) is 2. The maximum Gasteiger partial charge on any atom is 0.0783 e. The van der Waals surface area contributed by atoms with Gasteiger partial charge in [-0.3, -0.25) is 0 Å². The third-order valence-electron chi connectivity index (χ3n) is 1.94. The van der Waals surface area contributed by atoms with Gasteiger partial charge in [-0.25, -0.2) is 0 Å². The largest absolute Gasteiger partial charge is 0.389 e. The van der Waals surface area contributed by atoms with Crippen molar-refractivity contribution in [3.8, 4) is 0 Å². The molecule has 2 heteroatoms. The van der Waals surface area contributed by atoms with Crippen molar-refractivity contribution in [2.75, 3.05) is 13.1 Å². The van der Waals surface area contributed by atoms with E-state index in [9.17, 15) is 5.11 Å². The topological polar surface area (TPSA) is 32.3 Å². The first-order chi connectivity index (χ1) is 4.27. The summed E-state index contributed by atoms with van der Waals surface area (Å²) in [4.78, 5) is 0. The van der Waals surface area contributed by atoms with E-state index in [0.717, 1.165) is 32.4 Å². The first-order valence-corrected chi connectivity index (χ1v) is 3.70. The predicted molar refractivity (Wildman–Crippen MR) is 37.3 cm³/mol. The minimum absolute atomic E-state index is 0.366. The van der Waals surface area contributed by atoms with Crippen LogP contribution < -0.4 is 5.32 Å². The van der Waals surface area contributed by atoms with Crippen LogP contribution in [-0.2, 0) is 0 Å². The van der Waals surface area contributed by atoms with Crippen molar-refractivity contribution in [1.29, 1.82) is 0 Å².